The molecule has 29 heteroatoms. The van der Waals surface area contributed by atoms with Crippen molar-refractivity contribution in [2.75, 3.05) is 26.4 Å². The number of carboxylic acid groups (broad SMARTS) is 2. The summed E-state index contributed by atoms with van der Waals surface area (Å²) in [7, 11) is 0. The molecule has 4 fully saturated rings. The Morgan fingerprint density at radius 2 is 1.16 bits per heavy atom. The largest absolute Gasteiger partial charge is 0.477 e. The summed E-state index contributed by atoms with van der Waals surface area (Å²) in [6.45, 7) is -2.75. The zero-order chi connectivity index (χ0) is 47.5. The monoisotopic (exact) mass is 924 g/mol. The first-order valence-electron chi connectivity index (χ1n) is 19.4. The second-order valence-corrected chi connectivity index (χ2v) is 15.5. The molecule has 4 aliphatic rings. The fourth-order valence-corrected chi connectivity index (χ4v) is 7.76. The van der Waals surface area contributed by atoms with Gasteiger partial charge in [0.25, 0.3) is 11.6 Å². The van der Waals surface area contributed by atoms with Gasteiger partial charge in [-0.1, -0.05) is 0 Å². The maximum absolute atomic E-state index is 13.1. The van der Waals surface area contributed by atoms with Crippen LogP contribution in [0.1, 0.15) is 26.7 Å². The Hall–Kier alpha value is -2.96. The van der Waals surface area contributed by atoms with Gasteiger partial charge in [-0.25, -0.2) is 9.59 Å². The third kappa shape index (κ3) is 11.2. The fraction of sp³-hybridized carbons (Fsp3) is 0.882. The van der Waals surface area contributed by atoms with Crippen LogP contribution in [0.4, 0.5) is 0 Å². The smallest absolute Gasteiger partial charge is 0.364 e. The van der Waals surface area contributed by atoms with Gasteiger partial charge in [-0.15, -0.1) is 0 Å². The average molecular weight is 925 g/mol. The predicted molar refractivity (Wildman–Crippen MR) is 191 cm³/mol. The van der Waals surface area contributed by atoms with Gasteiger partial charge in [-0.3, -0.25) is 9.59 Å². The van der Waals surface area contributed by atoms with E-state index in [1.807, 2.05) is 0 Å². The van der Waals surface area contributed by atoms with Crippen molar-refractivity contribution in [1.29, 1.82) is 0 Å². The van der Waals surface area contributed by atoms with E-state index < -0.39 is 197 Å². The third-order valence-corrected chi connectivity index (χ3v) is 11.0. The number of carbonyl (C=O) groups excluding carboxylic acids is 2. The summed E-state index contributed by atoms with van der Waals surface area (Å²) in [5.41, 5.74) is 0. The molecule has 0 bridgehead atoms. The van der Waals surface area contributed by atoms with Crippen molar-refractivity contribution < 1.29 is 134 Å². The molecule has 4 heterocycles. The normalized spacial score (nSPS) is 42.9. The maximum Gasteiger partial charge on any atom is 0.364 e. The van der Waals surface area contributed by atoms with Crippen LogP contribution < -0.4 is 10.6 Å². The van der Waals surface area contributed by atoms with Crippen molar-refractivity contribution in [1.82, 2.24) is 10.6 Å². The molecule has 63 heavy (non-hydrogen) atoms. The Kier molecular flexibility index (Phi) is 18.0. The van der Waals surface area contributed by atoms with Crippen LogP contribution >= 0.6 is 0 Å². The molecule has 0 spiro atoms. The first kappa shape index (κ1) is 52.7. The minimum Gasteiger partial charge on any atom is -0.477 e. The Bertz CT molecular complexity index is 1560. The molecule has 0 aromatic carbocycles. The summed E-state index contributed by atoms with van der Waals surface area (Å²) in [6.07, 6.45) is -40.7. The van der Waals surface area contributed by atoms with E-state index in [0.717, 1.165) is 13.8 Å². The third-order valence-electron chi connectivity index (χ3n) is 11.0. The molecule has 22 atom stereocenters. The molecule has 4 rings (SSSR count). The van der Waals surface area contributed by atoms with Crippen LogP contribution in [0.25, 0.3) is 0 Å². The summed E-state index contributed by atoms with van der Waals surface area (Å²) in [5.74, 6) is -12.6. The van der Waals surface area contributed by atoms with Gasteiger partial charge in [0, 0.05) is 26.7 Å². The summed E-state index contributed by atoms with van der Waals surface area (Å²) in [4.78, 5) is 50.3. The Morgan fingerprint density at radius 3 is 1.63 bits per heavy atom. The second-order valence-electron chi connectivity index (χ2n) is 15.5. The van der Waals surface area contributed by atoms with Crippen molar-refractivity contribution in [3.8, 4) is 0 Å². The lowest BCUT2D eigenvalue weighted by Crippen LogP contribution is -2.72. The highest BCUT2D eigenvalue weighted by atomic mass is 16.8. The fourth-order valence-electron chi connectivity index (χ4n) is 7.76. The number of amides is 2. The molecule has 2 amide bonds. The highest BCUT2D eigenvalue weighted by molar-refractivity contribution is 5.77. The zero-order valence-electron chi connectivity index (χ0n) is 33.4. The van der Waals surface area contributed by atoms with Crippen molar-refractivity contribution in [2.45, 2.75) is 161 Å². The first-order valence-corrected chi connectivity index (χ1v) is 19.4. The van der Waals surface area contributed by atoms with E-state index in [1.165, 1.54) is 0 Å². The predicted octanol–water partition coefficient (Wildman–Crippen LogP) is -11.0. The molecule has 4 aliphatic heterocycles. The molecule has 364 valence electrons. The quantitative estimate of drug-likeness (QED) is 0.0607. The van der Waals surface area contributed by atoms with Crippen LogP contribution in [-0.4, -0.2) is 266 Å². The van der Waals surface area contributed by atoms with Gasteiger partial charge in [-0.2, -0.15) is 0 Å². The van der Waals surface area contributed by atoms with Crippen LogP contribution in [0, 0.1) is 0 Å². The van der Waals surface area contributed by atoms with Crippen LogP contribution in [0.5, 0.6) is 0 Å². The number of rotatable bonds is 18. The Labute approximate surface area is 355 Å². The van der Waals surface area contributed by atoms with Crippen LogP contribution in [0.3, 0.4) is 0 Å². The molecular weight excluding hydrogens is 868 g/mol. The zero-order valence-corrected chi connectivity index (χ0v) is 33.4. The van der Waals surface area contributed by atoms with Crippen molar-refractivity contribution in [3.63, 3.8) is 0 Å². The van der Waals surface area contributed by atoms with Gasteiger partial charge < -0.3 is 125 Å². The van der Waals surface area contributed by atoms with Gasteiger partial charge in [-0.05, 0) is 0 Å². The van der Waals surface area contributed by atoms with Gasteiger partial charge in [0.15, 0.2) is 12.6 Å². The van der Waals surface area contributed by atoms with E-state index in [9.17, 15) is 101 Å². The maximum atomic E-state index is 13.1. The van der Waals surface area contributed by atoms with E-state index in [1.54, 1.807) is 0 Å². The van der Waals surface area contributed by atoms with E-state index in [2.05, 4.69) is 10.6 Å². The van der Waals surface area contributed by atoms with Crippen molar-refractivity contribution in [2.24, 2.45) is 0 Å². The number of aliphatic hydroxyl groups excluding tert-OH is 14. The minimum absolute atomic E-state index is 0.837. The summed E-state index contributed by atoms with van der Waals surface area (Å²) < 4.78 is 38.4. The number of hydrogen-bond acceptors (Lipinski definition) is 25. The summed E-state index contributed by atoms with van der Waals surface area (Å²) in [6, 6.07) is -3.57. The van der Waals surface area contributed by atoms with E-state index in [4.69, 9.17) is 33.2 Å². The van der Waals surface area contributed by atoms with Gasteiger partial charge in [0.1, 0.15) is 85.5 Å². The van der Waals surface area contributed by atoms with Gasteiger partial charge in [0.2, 0.25) is 11.8 Å². The van der Waals surface area contributed by atoms with Gasteiger partial charge in [0.05, 0.1) is 50.7 Å². The standard InChI is InChI=1S/C34H56N2O27/c1-9(41)35-17-11(43)3-33(31(53)54,61-26(17)19(46)13(45)5-37)60-15(7-39)21(48)27-18(36-10(2)42)12(44)4-34(62-27,32(55)56)63-28-20(47)14(6-38)58-30(24(28)51)59-25-16(8-40)57-29(52)23(50)22(25)49/h11-30,37-40,43-52H,3-8H2,1-2H3,(H,35,41)(H,36,42)(H,53,54)(H,55,56)/t11?,12?,13-,14?,15?,16?,17?,18?,19-,20?,21-,22?,23?,24?,25?,26?,27?,28?,29?,30?,33?,34?/m1/s1. The van der Waals surface area contributed by atoms with Crippen molar-refractivity contribution in [3.05, 3.63) is 0 Å². The lowest BCUT2D eigenvalue weighted by atomic mass is 9.87. The molecular formula is C34H56N2O27. The van der Waals surface area contributed by atoms with E-state index in [0.29, 0.717) is 0 Å². The second kappa shape index (κ2) is 21.6. The van der Waals surface area contributed by atoms with Crippen LogP contribution in [0.2, 0.25) is 0 Å². The molecule has 19 unspecified atom stereocenters. The average Bonchev–Trinajstić information content (AvgIpc) is 3.22. The highest BCUT2D eigenvalue weighted by Gasteiger charge is 2.62. The van der Waals surface area contributed by atoms with Crippen LogP contribution in [0.15, 0.2) is 0 Å². The molecule has 18 N–H and O–H groups in total. The number of aliphatic hydroxyl groups is 14. The number of aliphatic carboxylic acids is 2. The SMILES string of the molecule is CC(=O)NC1C(O)CC(OC2C(O)C(CO)OC(OC3C(CO)OC(O)C(O)C3O)C2O)(C(=O)O)OC1[C@H](O)C(CO)OC1(C(=O)O)CC(O)C(NC(C)=O)C([C@H](O)[C@H](O)CO)O1. The minimum atomic E-state index is -3.33. The first-order chi connectivity index (χ1) is 29.4. The summed E-state index contributed by atoms with van der Waals surface area (Å²) in [5, 5.41) is 173. The lowest BCUT2D eigenvalue weighted by Gasteiger charge is -2.51. The topological polar surface area (TPSA) is 481 Å². The van der Waals surface area contributed by atoms with E-state index >= 15 is 0 Å². The number of carboxylic acids is 2. The molecule has 0 aromatic rings. The van der Waals surface area contributed by atoms with E-state index in [-0.39, 0.29) is 0 Å². The molecule has 4 saturated heterocycles. The molecule has 0 saturated carbocycles. The molecule has 0 aliphatic carbocycles. The highest BCUT2D eigenvalue weighted by Crippen LogP contribution is 2.40. The number of nitrogens with one attached hydrogen (secondary N) is 2. The Morgan fingerprint density at radius 1 is 0.651 bits per heavy atom. The van der Waals surface area contributed by atoms with Gasteiger partial charge >= 0.3 is 11.9 Å². The molecule has 0 aromatic heterocycles. The summed E-state index contributed by atoms with van der Waals surface area (Å²) >= 11 is 0. The molecule has 29 nitrogen and oxygen atoms in total. The lowest BCUT2D eigenvalue weighted by molar-refractivity contribution is -0.387. The van der Waals surface area contributed by atoms with Crippen molar-refractivity contribution >= 4 is 23.8 Å². The number of hydrogen-bond donors (Lipinski definition) is 18. The Balaban J connectivity index is 1.72. The number of carbonyl (C=O) groups is 4. The number of ether oxygens (including phenoxy) is 7. The van der Waals surface area contributed by atoms with Crippen LogP contribution in [-0.2, 0) is 52.3 Å². The molecule has 0 radical (unpaired) electrons.